The van der Waals surface area contributed by atoms with E-state index in [2.05, 4.69) is 10.3 Å². The largest absolute Gasteiger partial charge is 0.493 e. The maximum absolute atomic E-state index is 12.0. The number of hydrogen-bond acceptors (Lipinski definition) is 6. The second-order valence-electron chi connectivity index (χ2n) is 4.97. The topological polar surface area (TPSA) is 77.5 Å². The van der Waals surface area contributed by atoms with Crippen LogP contribution in [0.1, 0.15) is 36.3 Å². The van der Waals surface area contributed by atoms with Gasteiger partial charge in [-0.05, 0) is 25.5 Å². The van der Waals surface area contributed by atoms with E-state index in [1.165, 1.54) is 17.4 Å². The third-order valence-corrected chi connectivity index (χ3v) is 3.77. The number of carbonyl (C=O) groups is 2. The molecule has 0 aliphatic carbocycles. The molecule has 0 bridgehead atoms. The maximum Gasteiger partial charge on any atom is 0.357 e. The Morgan fingerprint density at radius 2 is 2.08 bits per heavy atom. The number of hydrogen-bond donors (Lipinski definition) is 1. The van der Waals surface area contributed by atoms with Crippen molar-refractivity contribution >= 4 is 34.4 Å². The Morgan fingerprint density at radius 3 is 2.84 bits per heavy atom. The monoisotopic (exact) mass is 360 g/mol. The van der Waals surface area contributed by atoms with E-state index in [0.717, 1.165) is 17.7 Å². The van der Waals surface area contributed by atoms with E-state index < -0.39 is 5.97 Å². The molecular formula is C18H20N2O4S. The number of benzene rings is 1. The second kappa shape index (κ2) is 9.58. The van der Waals surface area contributed by atoms with E-state index in [1.807, 2.05) is 31.2 Å². The van der Waals surface area contributed by atoms with Gasteiger partial charge in [-0.15, -0.1) is 11.3 Å². The zero-order valence-electron chi connectivity index (χ0n) is 14.2. The standard InChI is InChI=1S/C18H20N2O4S/c1-3-11-24-15-8-6-5-7-13(15)9-10-16(21)20-18-19-14(12-25-18)17(22)23-4-2/h5-10,12H,3-4,11H2,1-2H3,(H,19,20,21)/b10-9+. The molecule has 0 radical (unpaired) electrons. The smallest absolute Gasteiger partial charge is 0.357 e. The van der Waals surface area contributed by atoms with E-state index in [4.69, 9.17) is 9.47 Å². The number of thiazole rings is 1. The molecule has 25 heavy (non-hydrogen) atoms. The fourth-order valence-corrected chi connectivity index (χ4v) is 2.59. The molecule has 132 valence electrons. The molecule has 1 N–H and O–H groups in total. The lowest BCUT2D eigenvalue weighted by Crippen LogP contribution is -2.09. The Labute approximate surface area is 150 Å². The van der Waals surface area contributed by atoms with Crippen molar-refractivity contribution in [2.24, 2.45) is 0 Å². The molecule has 6 nitrogen and oxygen atoms in total. The van der Waals surface area contributed by atoms with Crippen molar-refractivity contribution in [2.45, 2.75) is 20.3 Å². The molecule has 0 fully saturated rings. The highest BCUT2D eigenvalue weighted by Crippen LogP contribution is 2.20. The number of carbonyl (C=O) groups excluding carboxylic acids is 2. The van der Waals surface area contributed by atoms with Gasteiger partial charge in [0.15, 0.2) is 10.8 Å². The quantitative estimate of drug-likeness (QED) is 0.573. The molecule has 0 saturated heterocycles. The van der Waals surface area contributed by atoms with Gasteiger partial charge < -0.3 is 9.47 Å². The summed E-state index contributed by atoms with van der Waals surface area (Å²) in [5.74, 6) is -0.112. The van der Waals surface area contributed by atoms with Gasteiger partial charge in [0, 0.05) is 17.0 Å². The predicted molar refractivity (Wildman–Crippen MR) is 98.0 cm³/mol. The molecule has 7 heteroatoms. The first-order valence-corrected chi connectivity index (χ1v) is 8.85. The first-order chi connectivity index (χ1) is 12.1. The average Bonchev–Trinajstić information content (AvgIpc) is 3.07. The number of aromatic nitrogens is 1. The van der Waals surface area contributed by atoms with Gasteiger partial charge in [0.05, 0.1) is 13.2 Å². The fourth-order valence-electron chi connectivity index (χ4n) is 1.90. The van der Waals surface area contributed by atoms with Gasteiger partial charge in [-0.3, -0.25) is 10.1 Å². The Balaban J connectivity index is 1.98. The minimum Gasteiger partial charge on any atom is -0.493 e. The van der Waals surface area contributed by atoms with Crippen molar-refractivity contribution < 1.29 is 19.1 Å². The van der Waals surface area contributed by atoms with Crippen molar-refractivity contribution in [3.05, 3.63) is 47.0 Å². The van der Waals surface area contributed by atoms with E-state index in [1.54, 1.807) is 18.4 Å². The Hall–Kier alpha value is -2.67. The van der Waals surface area contributed by atoms with Crippen LogP contribution >= 0.6 is 11.3 Å². The molecule has 0 unspecified atom stereocenters. The molecule has 2 rings (SSSR count). The van der Waals surface area contributed by atoms with Crippen molar-refractivity contribution in [1.82, 2.24) is 4.98 Å². The Morgan fingerprint density at radius 1 is 1.28 bits per heavy atom. The summed E-state index contributed by atoms with van der Waals surface area (Å²) in [7, 11) is 0. The molecular weight excluding hydrogens is 340 g/mol. The maximum atomic E-state index is 12.0. The minimum atomic E-state index is -0.503. The van der Waals surface area contributed by atoms with Crippen LogP contribution in [0, 0.1) is 0 Å². The summed E-state index contributed by atoms with van der Waals surface area (Å²) in [4.78, 5) is 27.6. The van der Waals surface area contributed by atoms with Crippen molar-refractivity contribution in [1.29, 1.82) is 0 Å². The van der Waals surface area contributed by atoms with Gasteiger partial charge in [-0.1, -0.05) is 25.1 Å². The van der Waals surface area contributed by atoms with Gasteiger partial charge in [0.1, 0.15) is 5.75 Å². The van der Waals surface area contributed by atoms with Crippen LogP contribution in [0.5, 0.6) is 5.75 Å². The van der Waals surface area contributed by atoms with Gasteiger partial charge >= 0.3 is 5.97 Å². The zero-order valence-corrected chi connectivity index (χ0v) is 15.0. The van der Waals surface area contributed by atoms with Gasteiger partial charge in [0.2, 0.25) is 5.91 Å². The van der Waals surface area contributed by atoms with E-state index >= 15 is 0 Å². The van der Waals surface area contributed by atoms with E-state index in [0.29, 0.717) is 11.7 Å². The van der Waals surface area contributed by atoms with E-state index in [9.17, 15) is 9.59 Å². The number of nitrogens with one attached hydrogen (secondary N) is 1. The van der Waals surface area contributed by atoms with Crippen molar-refractivity contribution in [3.8, 4) is 5.75 Å². The molecule has 0 saturated carbocycles. The van der Waals surface area contributed by atoms with Crippen LogP contribution in [-0.4, -0.2) is 30.1 Å². The third kappa shape index (κ3) is 5.72. The highest BCUT2D eigenvalue weighted by Gasteiger charge is 2.12. The highest BCUT2D eigenvalue weighted by molar-refractivity contribution is 7.14. The number of amides is 1. The van der Waals surface area contributed by atoms with Crippen LogP contribution < -0.4 is 10.1 Å². The van der Waals surface area contributed by atoms with E-state index in [-0.39, 0.29) is 18.2 Å². The number of esters is 1. The lowest BCUT2D eigenvalue weighted by Gasteiger charge is -2.07. The van der Waals surface area contributed by atoms with Crippen LogP contribution in [0.25, 0.3) is 6.08 Å². The van der Waals surface area contributed by atoms with Crippen LogP contribution in [-0.2, 0) is 9.53 Å². The second-order valence-corrected chi connectivity index (χ2v) is 5.83. The summed E-state index contributed by atoms with van der Waals surface area (Å²) in [6.07, 6.45) is 3.99. The first kappa shape index (κ1) is 18.7. The number of nitrogens with zero attached hydrogens (tertiary/aromatic N) is 1. The molecule has 1 aromatic heterocycles. The normalized spacial score (nSPS) is 10.6. The zero-order chi connectivity index (χ0) is 18.1. The molecule has 0 atom stereocenters. The molecule has 1 aromatic carbocycles. The number of anilines is 1. The van der Waals surface area contributed by atoms with Crippen LogP contribution in [0.2, 0.25) is 0 Å². The lowest BCUT2D eigenvalue weighted by molar-refractivity contribution is -0.111. The van der Waals surface area contributed by atoms with Crippen LogP contribution in [0.4, 0.5) is 5.13 Å². The molecule has 0 aliphatic rings. The Kier molecular flexibility index (Phi) is 7.16. The predicted octanol–water partition coefficient (Wildman–Crippen LogP) is 3.76. The summed E-state index contributed by atoms with van der Waals surface area (Å²) < 4.78 is 10.5. The minimum absolute atomic E-state index is 0.185. The molecule has 1 heterocycles. The number of ether oxygens (including phenoxy) is 2. The van der Waals surface area contributed by atoms with Gasteiger partial charge in [-0.2, -0.15) is 0 Å². The molecule has 1 amide bonds. The van der Waals surface area contributed by atoms with Gasteiger partial charge in [0.25, 0.3) is 0 Å². The Bertz CT molecular complexity index is 755. The fraction of sp³-hybridized carbons (Fsp3) is 0.278. The number of para-hydroxylation sites is 1. The SMILES string of the molecule is CCCOc1ccccc1/C=C/C(=O)Nc1nc(C(=O)OCC)cs1. The summed E-state index contributed by atoms with van der Waals surface area (Å²) in [5.41, 5.74) is 1.00. The molecule has 0 spiro atoms. The van der Waals surface area contributed by atoms with Crippen molar-refractivity contribution in [2.75, 3.05) is 18.5 Å². The average molecular weight is 360 g/mol. The summed E-state index contributed by atoms with van der Waals surface area (Å²) in [6, 6.07) is 7.49. The van der Waals surface area contributed by atoms with Crippen molar-refractivity contribution in [3.63, 3.8) is 0 Å². The summed E-state index contributed by atoms with van der Waals surface area (Å²) >= 11 is 1.17. The van der Waals surface area contributed by atoms with Crippen LogP contribution in [0.3, 0.4) is 0 Å². The summed E-state index contributed by atoms with van der Waals surface area (Å²) in [6.45, 7) is 4.65. The molecule has 0 aliphatic heterocycles. The molecule has 2 aromatic rings. The van der Waals surface area contributed by atoms with Gasteiger partial charge in [-0.25, -0.2) is 9.78 Å². The first-order valence-electron chi connectivity index (χ1n) is 7.97. The lowest BCUT2D eigenvalue weighted by atomic mass is 10.2. The highest BCUT2D eigenvalue weighted by atomic mass is 32.1. The number of rotatable bonds is 8. The summed E-state index contributed by atoms with van der Waals surface area (Å²) in [5, 5.41) is 4.51. The van der Waals surface area contributed by atoms with Crippen LogP contribution in [0.15, 0.2) is 35.7 Å². The third-order valence-electron chi connectivity index (χ3n) is 3.01.